The van der Waals surface area contributed by atoms with Crippen molar-refractivity contribution in [2.45, 2.75) is 13.5 Å². The third-order valence-corrected chi connectivity index (χ3v) is 4.51. The van der Waals surface area contributed by atoms with Gasteiger partial charge in [-0.2, -0.15) is 0 Å². The van der Waals surface area contributed by atoms with Gasteiger partial charge in [-0.3, -0.25) is 4.79 Å². The molecule has 1 aromatic heterocycles. The van der Waals surface area contributed by atoms with Crippen LogP contribution in [0.1, 0.15) is 22.8 Å². The normalized spacial score (nSPS) is 10.8. The summed E-state index contributed by atoms with van der Waals surface area (Å²) in [5.74, 6) is 0.518. The van der Waals surface area contributed by atoms with Gasteiger partial charge in [-0.05, 0) is 42.0 Å². The van der Waals surface area contributed by atoms with Crippen molar-refractivity contribution in [3.63, 3.8) is 0 Å². The van der Waals surface area contributed by atoms with E-state index in [1.54, 1.807) is 29.5 Å². The van der Waals surface area contributed by atoms with Crippen LogP contribution in [0.5, 0.6) is 5.75 Å². The van der Waals surface area contributed by atoms with E-state index in [1.165, 1.54) is 17.0 Å². The predicted molar refractivity (Wildman–Crippen MR) is 87.6 cm³/mol. The van der Waals surface area contributed by atoms with Crippen molar-refractivity contribution in [1.29, 1.82) is 0 Å². The Morgan fingerprint density at radius 1 is 1.24 bits per heavy atom. The molecule has 2 aromatic carbocycles. The number of Topliss-reactive ketones (excluding diaryl/α,β-unsaturated/α-hetero) is 1. The van der Waals surface area contributed by atoms with E-state index in [9.17, 15) is 4.79 Å². The van der Waals surface area contributed by atoms with Gasteiger partial charge in [0.25, 0.3) is 0 Å². The summed E-state index contributed by atoms with van der Waals surface area (Å²) in [7, 11) is 0. The summed E-state index contributed by atoms with van der Waals surface area (Å²) in [5, 5.41) is 3.82. The van der Waals surface area contributed by atoms with Gasteiger partial charge < -0.3 is 4.74 Å². The van der Waals surface area contributed by atoms with E-state index < -0.39 is 0 Å². The third-order valence-electron chi connectivity index (χ3n) is 3.27. The minimum Gasteiger partial charge on any atom is -0.488 e. The molecule has 21 heavy (non-hydrogen) atoms. The molecule has 2 nitrogen and oxygen atoms in total. The van der Waals surface area contributed by atoms with E-state index in [0.717, 1.165) is 5.56 Å². The molecule has 3 aromatic rings. The topological polar surface area (TPSA) is 26.3 Å². The molecule has 106 valence electrons. The van der Waals surface area contributed by atoms with Crippen LogP contribution in [0.25, 0.3) is 10.1 Å². The smallest absolute Gasteiger partial charge is 0.163 e. The fraction of sp³-hybridized carbons (Fsp3) is 0.118. The number of fused-ring (bicyclic) bond motifs is 1. The van der Waals surface area contributed by atoms with Crippen LogP contribution >= 0.6 is 22.9 Å². The number of halogens is 1. The molecule has 0 aliphatic heterocycles. The van der Waals surface area contributed by atoms with E-state index in [4.69, 9.17) is 16.3 Å². The second kappa shape index (κ2) is 5.88. The van der Waals surface area contributed by atoms with Crippen molar-refractivity contribution < 1.29 is 9.53 Å². The molecule has 0 fully saturated rings. The largest absolute Gasteiger partial charge is 0.488 e. The molecule has 0 aliphatic carbocycles. The van der Waals surface area contributed by atoms with Crippen LogP contribution in [0.15, 0.2) is 47.8 Å². The quantitative estimate of drug-likeness (QED) is 0.608. The first-order valence-corrected chi connectivity index (χ1v) is 7.79. The number of hydrogen-bond donors (Lipinski definition) is 0. The van der Waals surface area contributed by atoms with Crippen LogP contribution in [0, 0.1) is 0 Å². The van der Waals surface area contributed by atoms with Crippen LogP contribution in [-0.4, -0.2) is 5.78 Å². The maximum atomic E-state index is 11.7. The van der Waals surface area contributed by atoms with Crippen LogP contribution in [-0.2, 0) is 6.61 Å². The molecule has 4 heteroatoms. The lowest BCUT2D eigenvalue weighted by atomic mass is 10.1. The van der Waals surface area contributed by atoms with Crippen molar-refractivity contribution in [3.8, 4) is 5.75 Å². The number of hydrogen-bond acceptors (Lipinski definition) is 3. The van der Waals surface area contributed by atoms with Gasteiger partial charge in [0.2, 0.25) is 0 Å². The Morgan fingerprint density at radius 2 is 2.05 bits per heavy atom. The number of carbonyl (C=O) groups excluding carboxylic acids is 1. The van der Waals surface area contributed by atoms with Crippen molar-refractivity contribution >= 4 is 38.8 Å². The van der Waals surface area contributed by atoms with E-state index in [0.29, 0.717) is 22.9 Å². The summed E-state index contributed by atoms with van der Waals surface area (Å²) in [6, 6.07) is 13.3. The number of thiophene rings is 1. The third kappa shape index (κ3) is 2.94. The Kier molecular flexibility index (Phi) is 3.95. The molecule has 0 bridgehead atoms. The lowest BCUT2D eigenvalue weighted by Crippen LogP contribution is -2.01. The van der Waals surface area contributed by atoms with E-state index in [-0.39, 0.29) is 5.78 Å². The van der Waals surface area contributed by atoms with Gasteiger partial charge >= 0.3 is 0 Å². The molecule has 1 heterocycles. The average molecular weight is 317 g/mol. The lowest BCUT2D eigenvalue weighted by Gasteiger charge is -2.10. The van der Waals surface area contributed by atoms with Crippen molar-refractivity contribution in [1.82, 2.24) is 0 Å². The Balaban J connectivity index is 1.87. The van der Waals surface area contributed by atoms with Gasteiger partial charge in [0.15, 0.2) is 5.78 Å². The van der Waals surface area contributed by atoms with Gasteiger partial charge in [0.05, 0.1) is 5.56 Å². The van der Waals surface area contributed by atoms with Gasteiger partial charge in [-0.25, -0.2) is 0 Å². The van der Waals surface area contributed by atoms with Crippen molar-refractivity contribution in [2.24, 2.45) is 0 Å². The summed E-state index contributed by atoms with van der Waals surface area (Å²) >= 11 is 7.63. The summed E-state index contributed by atoms with van der Waals surface area (Å²) in [6.45, 7) is 1.95. The van der Waals surface area contributed by atoms with Gasteiger partial charge in [-0.15, -0.1) is 11.3 Å². The molecule has 3 rings (SSSR count). The number of ether oxygens (including phenoxy) is 1. The molecule has 0 aliphatic rings. The first-order valence-electron chi connectivity index (χ1n) is 6.53. The highest BCUT2D eigenvalue weighted by Gasteiger charge is 2.11. The predicted octanol–water partition coefficient (Wildman–Crippen LogP) is 5.34. The highest BCUT2D eigenvalue weighted by Crippen LogP contribution is 2.28. The maximum absolute atomic E-state index is 11.7. The summed E-state index contributed by atoms with van der Waals surface area (Å²) < 4.78 is 7.07. The van der Waals surface area contributed by atoms with Crippen LogP contribution in [0.2, 0.25) is 5.02 Å². The highest BCUT2D eigenvalue weighted by atomic mass is 35.5. The van der Waals surface area contributed by atoms with Crippen LogP contribution in [0.3, 0.4) is 0 Å². The summed E-state index contributed by atoms with van der Waals surface area (Å²) in [5.41, 5.74) is 1.64. The highest BCUT2D eigenvalue weighted by molar-refractivity contribution is 7.17. The van der Waals surface area contributed by atoms with Gasteiger partial charge in [0, 0.05) is 15.3 Å². The Hall–Kier alpha value is -1.84. The standard InChI is InChI=1S/C17H13ClO2S/c1-11(19)15-8-13(18)6-7-16(15)20-9-12-10-21-17-5-3-2-4-14(12)17/h2-8,10H,9H2,1H3. The molecule has 0 spiro atoms. The minimum atomic E-state index is -0.0531. The molecule has 0 atom stereocenters. The number of ketones is 1. The van der Waals surface area contributed by atoms with E-state index in [1.807, 2.05) is 12.1 Å². The maximum Gasteiger partial charge on any atom is 0.163 e. The lowest BCUT2D eigenvalue weighted by molar-refractivity contribution is 0.101. The molecule has 0 amide bonds. The first-order chi connectivity index (χ1) is 10.1. The number of carbonyl (C=O) groups is 1. The number of rotatable bonds is 4. The molecule has 0 saturated carbocycles. The Morgan fingerprint density at radius 3 is 2.86 bits per heavy atom. The zero-order chi connectivity index (χ0) is 14.8. The summed E-state index contributed by atoms with van der Waals surface area (Å²) in [6.07, 6.45) is 0. The fourth-order valence-electron chi connectivity index (χ4n) is 2.20. The second-order valence-corrected chi connectivity index (χ2v) is 6.09. The first kappa shape index (κ1) is 14.1. The zero-order valence-corrected chi connectivity index (χ0v) is 13.0. The van der Waals surface area contributed by atoms with Crippen LogP contribution in [0.4, 0.5) is 0 Å². The van der Waals surface area contributed by atoms with Crippen molar-refractivity contribution in [2.75, 3.05) is 0 Å². The van der Waals surface area contributed by atoms with Gasteiger partial charge in [0.1, 0.15) is 12.4 Å². The van der Waals surface area contributed by atoms with E-state index >= 15 is 0 Å². The Bertz CT molecular complexity index is 807. The number of benzene rings is 2. The molecular formula is C17H13ClO2S. The molecule has 0 N–H and O–H groups in total. The SMILES string of the molecule is CC(=O)c1cc(Cl)ccc1OCc1csc2ccccc12. The molecule has 0 radical (unpaired) electrons. The molecule has 0 saturated heterocycles. The second-order valence-electron chi connectivity index (χ2n) is 4.74. The fourth-order valence-corrected chi connectivity index (χ4v) is 3.32. The van der Waals surface area contributed by atoms with Gasteiger partial charge in [-0.1, -0.05) is 29.8 Å². The Labute approximate surface area is 131 Å². The zero-order valence-electron chi connectivity index (χ0n) is 11.4. The molecular weight excluding hydrogens is 304 g/mol. The monoisotopic (exact) mass is 316 g/mol. The summed E-state index contributed by atoms with van der Waals surface area (Å²) in [4.78, 5) is 11.7. The van der Waals surface area contributed by atoms with Crippen molar-refractivity contribution in [3.05, 3.63) is 64.0 Å². The molecule has 0 unspecified atom stereocenters. The van der Waals surface area contributed by atoms with Crippen LogP contribution < -0.4 is 4.74 Å². The van der Waals surface area contributed by atoms with E-state index in [2.05, 4.69) is 17.5 Å². The minimum absolute atomic E-state index is 0.0531. The average Bonchev–Trinajstić information content (AvgIpc) is 2.89.